The van der Waals surface area contributed by atoms with Gasteiger partial charge in [0.2, 0.25) is 0 Å². The van der Waals surface area contributed by atoms with Crippen molar-refractivity contribution in [2.45, 2.75) is 31.6 Å². The molecule has 0 saturated heterocycles. The van der Waals surface area contributed by atoms with Crippen molar-refractivity contribution in [3.8, 4) is 0 Å². The maximum Gasteiger partial charge on any atom is 0.311 e. The van der Waals surface area contributed by atoms with E-state index < -0.39 is 5.97 Å². The summed E-state index contributed by atoms with van der Waals surface area (Å²) >= 11 is 0. The Morgan fingerprint density at radius 1 is 1.25 bits per heavy atom. The van der Waals surface area contributed by atoms with Gasteiger partial charge in [0.15, 0.2) is 0 Å². The molecule has 1 aromatic carbocycles. The minimum atomic E-state index is -1.01. The van der Waals surface area contributed by atoms with Crippen molar-refractivity contribution in [3.05, 3.63) is 59.0 Å². The highest BCUT2D eigenvalue weighted by molar-refractivity contribution is 5.97. The maximum absolute atomic E-state index is 12.8. The number of likely N-dealkylation sites (N-methyl/N-ethyl adjacent to an activating group) is 1. The Morgan fingerprint density at radius 2 is 1.92 bits per heavy atom. The number of carbonyl (C=O) groups is 2. The third-order valence-electron chi connectivity index (χ3n) is 4.70. The van der Waals surface area contributed by atoms with Crippen LogP contribution in [-0.4, -0.2) is 35.5 Å². The van der Waals surface area contributed by atoms with Crippen molar-refractivity contribution in [2.24, 2.45) is 0 Å². The van der Waals surface area contributed by atoms with E-state index >= 15 is 0 Å². The molecule has 5 heteroatoms. The molecule has 0 bridgehead atoms. The second-order valence-electron chi connectivity index (χ2n) is 6.59. The first-order valence-corrected chi connectivity index (χ1v) is 8.03. The number of carbonyl (C=O) groups excluding carboxylic acids is 1. The number of furan rings is 1. The zero-order chi connectivity index (χ0) is 17.3. The average molecular weight is 327 g/mol. The molecule has 0 unspecified atom stereocenters. The summed E-state index contributed by atoms with van der Waals surface area (Å²) < 4.78 is 5.28. The van der Waals surface area contributed by atoms with Crippen LogP contribution in [0.4, 0.5) is 0 Å². The third kappa shape index (κ3) is 3.07. The summed E-state index contributed by atoms with van der Waals surface area (Å²) in [5.41, 5.74) is 2.33. The van der Waals surface area contributed by atoms with E-state index in [0.29, 0.717) is 17.7 Å². The van der Waals surface area contributed by atoms with Gasteiger partial charge in [0.05, 0.1) is 11.8 Å². The van der Waals surface area contributed by atoms with E-state index in [-0.39, 0.29) is 23.5 Å². The van der Waals surface area contributed by atoms with E-state index in [0.717, 1.165) is 12.8 Å². The number of nitrogens with zero attached hydrogens (tertiary/aromatic N) is 1. The molecular weight excluding hydrogens is 306 g/mol. The second-order valence-corrected chi connectivity index (χ2v) is 6.59. The van der Waals surface area contributed by atoms with E-state index in [1.54, 1.807) is 18.9 Å². The molecule has 0 radical (unpaired) electrons. The summed E-state index contributed by atoms with van der Waals surface area (Å²) in [5.74, 6) is -0.967. The summed E-state index contributed by atoms with van der Waals surface area (Å²) in [4.78, 5) is 25.5. The van der Waals surface area contributed by atoms with Gasteiger partial charge in [-0.2, -0.15) is 0 Å². The first kappa shape index (κ1) is 16.3. The molecule has 1 saturated carbocycles. The quantitative estimate of drug-likeness (QED) is 0.885. The maximum atomic E-state index is 12.8. The van der Waals surface area contributed by atoms with E-state index in [1.807, 2.05) is 18.2 Å². The molecule has 0 aliphatic heterocycles. The average Bonchev–Trinajstić information content (AvgIpc) is 3.25. The lowest BCUT2D eigenvalue weighted by molar-refractivity contribution is -0.136. The molecule has 1 N–H and O–H groups in total. The molecule has 1 fully saturated rings. The molecule has 0 atom stereocenters. The molecule has 3 rings (SSSR count). The fourth-order valence-corrected chi connectivity index (χ4v) is 3.25. The lowest BCUT2D eigenvalue weighted by atomic mass is 9.95. The molecule has 1 amide bonds. The normalized spacial score (nSPS) is 15.1. The second kappa shape index (κ2) is 6.15. The molecule has 126 valence electrons. The number of amides is 1. The molecule has 0 spiro atoms. The SMILES string of the molecule is Cc1coc(CC(=O)O)c1C(=O)N(C)CC1(c2ccccc2)CC1. The van der Waals surface area contributed by atoms with Crippen molar-refractivity contribution in [1.82, 2.24) is 4.90 Å². The predicted octanol–water partition coefficient (Wildman–Crippen LogP) is 3.02. The zero-order valence-electron chi connectivity index (χ0n) is 13.9. The van der Waals surface area contributed by atoms with Crippen molar-refractivity contribution < 1.29 is 19.1 Å². The summed E-state index contributed by atoms with van der Waals surface area (Å²) in [6.07, 6.45) is 3.28. The Bertz CT molecular complexity index is 759. The zero-order valence-corrected chi connectivity index (χ0v) is 13.9. The Morgan fingerprint density at radius 3 is 2.50 bits per heavy atom. The molecular formula is C19H21NO4. The predicted molar refractivity (Wildman–Crippen MR) is 89.1 cm³/mol. The van der Waals surface area contributed by atoms with E-state index in [2.05, 4.69) is 12.1 Å². The molecule has 5 nitrogen and oxygen atoms in total. The van der Waals surface area contributed by atoms with Gasteiger partial charge in [-0.15, -0.1) is 0 Å². The number of carboxylic acids is 1. The number of carboxylic acid groups (broad SMARTS) is 1. The highest BCUT2D eigenvalue weighted by Crippen LogP contribution is 2.48. The fraction of sp³-hybridized carbons (Fsp3) is 0.368. The molecule has 2 aromatic rings. The van der Waals surface area contributed by atoms with Gasteiger partial charge in [-0.25, -0.2) is 0 Å². The first-order chi connectivity index (χ1) is 11.4. The van der Waals surface area contributed by atoms with Crippen LogP contribution in [0.2, 0.25) is 0 Å². The van der Waals surface area contributed by atoms with Crippen LogP contribution in [0, 0.1) is 6.92 Å². The van der Waals surface area contributed by atoms with Gasteiger partial charge in [0, 0.05) is 24.6 Å². The Hall–Kier alpha value is -2.56. The van der Waals surface area contributed by atoms with Crippen LogP contribution >= 0.6 is 0 Å². The molecule has 1 aliphatic rings. The topological polar surface area (TPSA) is 70.7 Å². The summed E-state index contributed by atoms with van der Waals surface area (Å²) in [6, 6.07) is 10.2. The highest BCUT2D eigenvalue weighted by Gasteiger charge is 2.45. The standard InChI is InChI=1S/C19H21NO4/c1-13-11-24-15(10-16(21)22)17(13)18(23)20(2)12-19(8-9-19)14-6-4-3-5-7-14/h3-7,11H,8-10,12H2,1-2H3,(H,21,22). The molecule has 24 heavy (non-hydrogen) atoms. The smallest absolute Gasteiger partial charge is 0.311 e. The number of rotatable bonds is 6. The van der Waals surface area contributed by atoms with Crippen LogP contribution in [-0.2, 0) is 16.6 Å². The largest absolute Gasteiger partial charge is 0.481 e. The molecule has 1 heterocycles. The van der Waals surface area contributed by atoms with Gasteiger partial charge in [-0.05, 0) is 25.3 Å². The minimum Gasteiger partial charge on any atom is -0.481 e. The summed E-state index contributed by atoms with van der Waals surface area (Å²) in [7, 11) is 1.77. The highest BCUT2D eigenvalue weighted by atomic mass is 16.4. The monoisotopic (exact) mass is 327 g/mol. The number of aliphatic carboxylic acids is 1. The molecule has 1 aliphatic carbocycles. The Balaban J connectivity index is 1.79. The van der Waals surface area contributed by atoms with Crippen molar-refractivity contribution in [1.29, 1.82) is 0 Å². The Labute approximate surface area is 140 Å². The van der Waals surface area contributed by atoms with Gasteiger partial charge >= 0.3 is 5.97 Å². The van der Waals surface area contributed by atoms with Gasteiger partial charge in [-0.3, -0.25) is 9.59 Å². The van der Waals surface area contributed by atoms with Crippen molar-refractivity contribution in [2.75, 3.05) is 13.6 Å². The summed E-state index contributed by atoms with van der Waals surface area (Å²) in [6.45, 7) is 2.38. The van der Waals surface area contributed by atoms with Crippen LogP contribution < -0.4 is 0 Å². The van der Waals surface area contributed by atoms with E-state index in [4.69, 9.17) is 9.52 Å². The van der Waals surface area contributed by atoms with Gasteiger partial charge < -0.3 is 14.4 Å². The summed E-state index contributed by atoms with van der Waals surface area (Å²) in [5, 5.41) is 8.98. The van der Waals surface area contributed by atoms with Crippen LogP contribution in [0.3, 0.4) is 0 Å². The van der Waals surface area contributed by atoms with E-state index in [1.165, 1.54) is 11.8 Å². The van der Waals surface area contributed by atoms with Crippen LogP contribution in [0.5, 0.6) is 0 Å². The van der Waals surface area contributed by atoms with Gasteiger partial charge in [0.25, 0.3) is 5.91 Å². The van der Waals surface area contributed by atoms with Gasteiger partial charge in [-0.1, -0.05) is 30.3 Å². The number of benzene rings is 1. The number of hydrogen-bond acceptors (Lipinski definition) is 3. The number of aryl methyl sites for hydroxylation is 1. The van der Waals surface area contributed by atoms with Crippen LogP contribution in [0.25, 0.3) is 0 Å². The lowest BCUT2D eigenvalue weighted by Gasteiger charge is -2.24. The minimum absolute atomic E-state index is 0.0241. The van der Waals surface area contributed by atoms with E-state index in [9.17, 15) is 9.59 Å². The van der Waals surface area contributed by atoms with Gasteiger partial charge in [0.1, 0.15) is 12.2 Å². The first-order valence-electron chi connectivity index (χ1n) is 8.03. The van der Waals surface area contributed by atoms with Crippen molar-refractivity contribution >= 4 is 11.9 Å². The fourth-order valence-electron chi connectivity index (χ4n) is 3.25. The van der Waals surface area contributed by atoms with Crippen molar-refractivity contribution in [3.63, 3.8) is 0 Å². The third-order valence-corrected chi connectivity index (χ3v) is 4.70. The van der Waals surface area contributed by atoms with Crippen LogP contribution in [0.15, 0.2) is 41.0 Å². The van der Waals surface area contributed by atoms with Crippen LogP contribution in [0.1, 0.15) is 40.1 Å². The Kier molecular flexibility index (Phi) is 4.18. The lowest BCUT2D eigenvalue weighted by Crippen LogP contribution is -2.35. The molecule has 1 aromatic heterocycles. The number of hydrogen-bond donors (Lipinski definition) is 1.